The summed E-state index contributed by atoms with van der Waals surface area (Å²) >= 11 is 0. The summed E-state index contributed by atoms with van der Waals surface area (Å²) < 4.78 is 12.9. The van der Waals surface area contributed by atoms with Crippen molar-refractivity contribution in [1.82, 2.24) is 24.6 Å². The van der Waals surface area contributed by atoms with Gasteiger partial charge in [-0.25, -0.2) is 4.98 Å². The van der Waals surface area contributed by atoms with Crippen molar-refractivity contribution in [1.29, 1.82) is 5.41 Å². The van der Waals surface area contributed by atoms with Crippen molar-refractivity contribution in [3.63, 3.8) is 0 Å². The first-order valence-electron chi connectivity index (χ1n) is 12.6. The summed E-state index contributed by atoms with van der Waals surface area (Å²) in [5.74, 6) is 1.05. The highest BCUT2D eigenvalue weighted by Gasteiger charge is 2.39. The van der Waals surface area contributed by atoms with Gasteiger partial charge in [0.25, 0.3) is 0 Å². The molecule has 11 nitrogen and oxygen atoms in total. The van der Waals surface area contributed by atoms with Crippen LogP contribution >= 0.6 is 0 Å². The zero-order valence-corrected chi connectivity index (χ0v) is 21.5. The minimum Gasteiger partial charge on any atom is -0.380 e. The first-order chi connectivity index (χ1) is 18.0. The number of nitrogens with one attached hydrogen (secondary N) is 3. The molecule has 0 unspecified atom stereocenters. The Bertz CT molecular complexity index is 1200. The van der Waals surface area contributed by atoms with Crippen LogP contribution in [0.3, 0.4) is 0 Å². The van der Waals surface area contributed by atoms with E-state index in [2.05, 4.69) is 73.9 Å². The molecule has 2 saturated heterocycles. The highest BCUT2D eigenvalue weighted by molar-refractivity contribution is 5.84. The van der Waals surface area contributed by atoms with Gasteiger partial charge in [-0.15, -0.1) is 0 Å². The molecule has 0 aliphatic carbocycles. The van der Waals surface area contributed by atoms with Gasteiger partial charge >= 0.3 is 0 Å². The topological polar surface area (TPSA) is 116 Å². The van der Waals surface area contributed by atoms with Crippen molar-refractivity contribution >= 4 is 29.4 Å². The van der Waals surface area contributed by atoms with Crippen LogP contribution in [0.2, 0.25) is 0 Å². The third-order valence-corrected chi connectivity index (χ3v) is 6.57. The molecule has 2 fully saturated rings. The summed E-state index contributed by atoms with van der Waals surface area (Å²) in [4.78, 5) is 13.6. The molecule has 5 rings (SSSR count). The third kappa shape index (κ3) is 6.24. The molecular formula is C26H35N9O2. The fourth-order valence-corrected chi connectivity index (χ4v) is 4.85. The van der Waals surface area contributed by atoms with Gasteiger partial charge in [-0.1, -0.05) is 12.1 Å². The average Bonchev–Trinajstić information content (AvgIpc) is 3.33. The van der Waals surface area contributed by atoms with Crippen LogP contribution in [0, 0.1) is 10.8 Å². The van der Waals surface area contributed by atoms with E-state index >= 15 is 0 Å². The quantitative estimate of drug-likeness (QED) is 0.338. The first-order valence-corrected chi connectivity index (χ1v) is 12.6. The molecule has 0 bridgehead atoms. The van der Waals surface area contributed by atoms with Crippen LogP contribution in [0.4, 0.5) is 23.1 Å². The first kappa shape index (κ1) is 25.1. The van der Waals surface area contributed by atoms with Gasteiger partial charge in [0.2, 0.25) is 5.95 Å². The van der Waals surface area contributed by atoms with Crippen LogP contribution in [0.15, 0.2) is 42.9 Å². The van der Waals surface area contributed by atoms with E-state index in [0.717, 1.165) is 63.9 Å². The van der Waals surface area contributed by atoms with Gasteiger partial charge in [0.15, 0.2) is 0 Å². The maximum Gasteiger partial charge on any atom is 0.229 e. The van der Waals surface area contributed by atoms with Crippen molar-refractivity contribution in [2.75, 3.05) is 75.7 Å². The van der Waals surface area contributed by atoms with Gasteiger partial charge in [0.05, 0.1) is 50.4 Å². The molecule has 2 aromatic heterocycles. The lowest BCUT2D eigenvalue weighted by atomic mass is 9.85. The molecule has 37 heavy (non-hydrogen) atoms. The summed E-state index contributed by atoms with van der Waals surface area (Å²) in [5.41, 5.74) is 3.86. The van der Waals surface area contributed by atoms with Gasteiger partial charge < -0.3 is 35.3 Å². The smallest absolute Gasteiger partial charge is 0.229 e. The predicted molar refractivity (Wildman–Crippen MR) is 144 cm³/mol. The number of nitrogens with zero attached hydrogens (tertiary/aromatic N) is 6. The fraction of sp³-hybridized carbons (Fsp3) is 0.462. The Morgan fingerprint density at radius 3 is 2.73 bits per heavy atom. The van der Waals surface area contributed by atoms with Gasteiger partial charge in [0.1, 0.15) is 5.82 Å². The lowest BCUT2D eigenvalue weighted by Gasteiger charge is -2.43. The lowest BCUT2D eigenvalue weighted by molar-refractivity contribution is -0.132. The largest absolute Gasteiger partial charge is 0.380 e. The normalized spacial score (nSPS) is 16.9. The molecule has 2 aliphatic rings. The molecule has 3 N–H and O–H groups in total. The van der Waals surface area contributed by atoms with E-state index in [9.17, 15) is 0 Å². The molecule has 11 heteroatoms. The van der Waals surface area contributed by atoms with Gasteiger partial charge in [-0.3, -0.25) is 4.68 Å². The van der Waals surface area contributed by atoms with E-state index in [1.165, 1.54) is 11.9 Å². The number of anilines is 4. The Hall–Kier alpha value is -3.54. The van der Waals surface area contributed by atoms with Crippen molar-refractivity contribution < 1.29 is 9.47 Å². The van der Waals surface area contributed by atoms with Crippen molar-refractivity contribution in [3.05, 3.63) is 54.0 Å². The second-order valence-corrected chi connectivity index (χ2v) is 10.0. The highest BCUT2D eigenvalue weighted by Crippen LogP contribution is 2.30. The molecule has 4 heterocycles. The molecule has 0 spiro atoms. The highest BCUT2D eigenvalue weighted by atomic mass is 16.5. The maximum absolute atomic E-state index is 7.78. The summed E-state index contributed by atoms with van der Waals surface area (Å²) in [5, 5.41) is 18.9. The van der Waals surface area contributed by atoms with E-state index in [1.807, 2.05) is 10.9 Å². The second kappa shape index (κ2) is 11.2. The number of ether oxygens (including phenoxy) is 2. The summed E-state index contributed by atoms with van der Waals surface area (Å²) in [7, 11) is 4.16. The van der Waals surface area contributed by atoms with Gasteiger partial charge in [0, 0.05) is 55.9 Å². The van der Waals surface area contributed by atoms with E-state index in [1.54, 1.807) is 12.4 Å². The summed E-state index contributed by atoms with van der Waals surface area (Å²) in [6, 6.07) is 8.48. The SMILES string of the molecule is CN(C)CC1(Cn2cc(Nc3ncc(C=N)c(NCc4cccc(N5CCOCC5)c4)n3)cn2)COC1. The monoisotopic (exact) mass is 505 g/mol. The zero-order valence-electron chi connectivity index (χ0n) is 21.5. The number of rotatable bonds is 11. The molecule has 3 aromatic rings. The Labute approximate surface area is 217 Å². The van der Waals surface area contributed by atoms with Crippen LogP contribution in [0.5, 0.6) is 0 Å². The zero-order chi connectivity index (χ0) is 25.7. The Morgan fingerprint density at radius 2 is 2.00 bits per heavy atom. The Morgan fingerprint density at radius 1 is 1.16 bits per heavy atom. The van der Waals surface area contributed by atoms with E-state index in [4.69, 9.17) is 14.9 Å². The van der Waals surface area contributed by atoms with Crippen LogP contribution in [-0.4, -0.2) is 91.0 Å². The van der Waals surface area contributed by atoms with Crippen molar-refractivity contribution in [3.8, 4) is 0 Å². The van der Waals surface area contributed by atoms with Gasteiger partial charge in [-0.2, -0.15) is 10.1 Å². The number of aromatic nitrogens is 4. The number of benzene rings is 1. The van der Waals surface area contributed by atoms with Crippen LogP contribution in [0.25, 0.3) is 0 Å². The minimum absolute atomic E-state index is 0.0884. The third-order valence-electron chi connectivity index (χ3n) is 6.57. The minimum atomic E-state index is 0.0884. The predicted octanol–water partition coefficient (Wildman–Crippen LogP) is 2.44. The molecule has 196 valence electrons. The molecule has 2 aliphatic heterocycles. The second-order valence-electron chi connectivity index (χ2n) is 10.0. The Balaban J connectivity index is 1.23. The molecule has 1 aromatic carbocycles. The molecule has 0 saturated carbocycles. The lowest BCUT2D eigenvalue weighted by Crippen LogP contribution is -2.52. The molecule has 0 atom stereocenters. The van der Waals surface area contributed by atoms with Crippen molar-refractivity contribution in [2.24, 2.45) is 5.41 Å². The maximum atomic E-state index is 7.78. The molecule has 0 amide bonds. The van der Waals surface area contributed by atoms with Crippen LogP contribution in [0.1, 0.15) is 11.1 Å². The number of morpholine rings is 1. The summed E-state index contributed by atoms with van der Waals surface area (Å²) in [6.45, 7) is 7.12. The fourth-order valence-electron chi connectivity index (χ4n) is 4.85. The van der Waals surface area contributed by atoms with E-state index in [0.29, 0.717) is 23.9 Å². The van der Waals surface area contributed by atoms with E-state index in [-0.39, 0.29) is 5.41 Å². The standard InChI is InChI=1S/C26H35N9O2/c1-33(2)16-26(18-37-19-26)17-35-15-22(14-30-35)31-25-29-13-21(11-27)24(32-25)28-12-20-4-3-5-23(10-20)34-6-8-36-9-7-34/h3-5,10-11,13-15,27H,6-9,12,16-19H2,1-2H3,(H2,28,29,31,32). The number of hydrogen-bond acceptors (Lipinski definition) is 10. The number of hydrogen-bond donors (Lipinski definition) is 3. The molecule has 0 radical (unpaired) electrons. The summed E-state index contributed by atoms with van der Waals surface area (Å²) in [6.07, 6.45) is 6.66. The Kier molecular flexibility index (Phi) is 7.63. The van der Waals surface area contributed by atoms with Crippen LogP contribution < -0.4 is 15.5 Å². The van der Waals surface area contributed by atoms with Gasteiger partial charge in [-0.05, 0) is 31.8 Å². The average molecular weight is 506 g/mol. The molecular weight excluding hydrogens is 470 g/mol. The van der Waals surface area contributed by atoms with Crippen LogP contribution in [-0.2, 0) is 22.6 Å². The van der Waals surface area contributed by atoms with E-state index < -0.39 is 0 Å². The van der Waals surface area contributed by atoms with Crippen molar-refractivity contribution in [2.45, 2.75) is 13.1 Å².